The fourth-order valence-corrected chi connectivity index (χ4v) is 3.04. The van der Waals surface area contributed by atoms with Crippen molar-refractivity contribution in [2.24, 2.45) is 11.8 Å². The maximum absolute atomic E-state index is 11.9. The van der Waals surface area contributed by atoms with Crippen molar-refractivity contribution in [1.82, 2.24) is 4.90 Å². The van der Waals surface area contributed by atoms with E-state index in [0.717, 1.165) is 4.90 Å². The third-order valence-corrected chi connectivity index (χ3v) is 4.39. The van der Waals surface area contributed by atoms with Crippen LogP contribution < -0.4 is 0 Å². The standard InChI is InChI=1S/C10H11Cl2NO4/c11-6-1-4-5(2-7(6)12)10(17)13(9(4)16)3-8(14)15/h4-7H,1-3H2,(H,14,15)/t4-,5-,6+,7+/m1/s1. The Hall–Kier alpha value is -0.810. The summed E-state index contributed by atoms with van der Waals surface area (Å²) in [6, 6.07) is 0. The van der Waals surface area contributed by atoms with E-state index in [0.29, 0.717) is 12.8 Å². The van der Waals surface area contributed by atoms with Crippen molar-refractivity contribution >= 4 is 41.0 Å². The summed E-state index contributed by atoms with van der Waals surface area (Å²) in [4.78, 5) is 35.1. The Balaban J connectivity index is 2.19. The predicted octanol–water partition coefficient (Wildman–Crippen LogP) is 0.681. The van der Waals surface area contributed by atoms with Crippen molar-refractivity contribution in [3.8, 4) is 0 Å². The summed E-state index contributed by atoms with van der Waals surface area (Å²) in [5.41, 5.74) is 0. The lowest BCUT2D eigenvalue weighted by molar-refractivity contribution is -0.149. The molecule has 2 fully saturated rings. The molecule has 4 atom stereocenters. The van der Waals surface area contributed by atoms with Crippen LogP contribution in [0, 0.1) is 11.8 Å². The van der Waals surface area contributed by atoms with Crippen LogP contribution >= 0.6 is 23.2 Å². The Morgan fingerprint density at radius 2 is 1.59 bits per heavy atom. The first-order valence-corrected chi connectivity index (χ1v) is 6.14. The van der Waals surface area contributed by atoms with E-state index in [1.54, 1.807) is 0 Å². The van der Waals surface area contributed by atoms with Gasteiger partial charge in [-0.1, -0.05) is 0 Å². The molecule has 1 heterocycles. The zero-order chi connectivity index (χ0) is 12.7. The number of carboxylic acids is 1. The highest BCUT2D eigenvalue weighted by Crippen LogP contribution is 2.41. The molecule has 0 spiro atoms. The number of alkyl halides is 2. The number of likely N-dealkylation sites (tertiary alicyclic amines) is 1. The molecule has 1 aliphatic carbocycles. The number of nitrogens with zero attached hydrogens (tertiary/aromatic N) is 1. The fraction of sp³-hybridized carbons (Fsp3) is 0.700. The SMILES string of the molecule is O=C(O)CN1C(=O)[C@@H]2C[C@H](Cl)[C@@H](Cl)C[C@H]2C1=O. The largest absolute Gasteiger partial charge is 0.480 e. The van der Waals surface area contributed by atoms with E-state index in [9.17, 15) is 14.4 Å². The first kappa shape index (κ1) is 12.6. The fourth-order valence-electron chi connectivity index (χ4n) is 2.45. The van der Waals surface area contributed by atoms with Crippen LogP contribution in [0.15, 0.2) is 0 Å². The number of carbonyl (C=O) groups is 3. The van der Waals surface area contributed by atoms with Crippen LogP contribution in [-0.4, -0.2) is 45.1 Å². The number of imide groups is 1. The Morgan fingerprint density at radius 3 is 1.94 bits per heavy atom. The average Bonchev–Trinajstić information content (AvgIpc) is 2.45. The number of hydrogen-bond acceptors (Lipinski definition) is 3. The van der Waals surface area contributed by atoms with Crippen molar-refractivity contribution in [2.45, 2.75) is 23.6 Å². The van der Waals surface area contributed by atoms with Gasteiger partial charge in [0.1, 0.15) is 6.54 Å². The molecule has 1 saturated heterocycles. The summed E-state index contributed by atoms with van der Waals surface area (Å²) in [7, 11) is 0. The number of rotatable bonds is 2. The Morgan fingerprint density at radius 1 is 1.18 bits per heavy atom. The lowest BCUT2D eigenvalue weighted by Crippen LogP contribution is -2.35. The van der Waals surface area contributed by atoms with Gasteiger partial charge in [0, 0.05) is 0 Å². The van der Waals surface area contributed by atoms with Crippen LogP contribution in [0.5, 0.6) is 0 Å². The van der Waals surface area contributed by atoms with E-state index < -0.39 is 36.2 Å². The molecule has 1 aliphatic heterocycles. The van der Waals surface area contributed by atoms with Crippen molar-refractivity contribution in [3.63, 3.8) is 0 Å². The van der Waals surface area contributed by atoms with Crippen LogP contribution in [0.1, 0.15) is 12.8 Å². The highest BCUT2D eigenvalue weighted by molar-refractivity contribution is 6.30. The van der Waals surface area contributed by atoms with Crippen LogP contribution in [0.3, 0.4) is 0 Å². The first-order valence-electron chi connectivity index (χ1n) is 5.27. The smallest absolute Gasteiger partial charge is 0.323 e. The second-order valence-corrected chi connectivity index (χ2v) is 5.49. The monoisotopic (exact) mass is 279 g/mol. The summed E-state index contributed by atoms with van der Waals surface area (Å²) in [6.07, 6.45) is 0.669. The third kappa shape index (κ3) is 2.13. The van der Waals surface area contributed by atoms with Gasteiger partial charge in [0.05, 0.1) is 22.6 Å². The minimum absolute atomic E-state index is 0.334. The number of amides is 2. The second-order valence-electron chi connectivity index (χ2n) is 4.37. The minimum Gasteiger partial charge on any atom is -0.480 e. The van der Waals surface area contributed by atoms with E-state index in [-0.39, 0.29) is 10.8 Å². The molecule has 0 radical (unpaired) electrons. The summed E-state index contributed by atoms with van der Waals surface area (Å²) in [5, 5.41) is 7.95. The molecule has 5 nitrogen and oxygen atoms in total. The molecule has 0 aromatic carbocycles. The van der Waals surface area contributed by atoms with Crippen molar-refractivity contribution in [2.75, 3.05) is 6.54 Å². The predicted molar refractivity (Wildman–Crippen MR) is 59.9 cm³/mol. The number of halogens is 2. The second kappa shape index (κ2) is 4.46. The number of hydrogen-bond donors (Lipinski definition) is 1. The van der Waals surface area contributed by atoms with Gasteiger partial charge in [0.15, 0.2) is 0 Å². The molecule has 2 rings (SSSR count). The zero-order valence-electron chi connectivity index (χ0n) is 8.81. The van der Waals surface area contributed by atoms with Gasteiger partial charge in [-0.15, -0.1) is 23.2 Å². The number of fused-ring (bicyclic) bond motifs is 1. The number of carbonyl (C=O) groups excluding carboxylic acids is 2. The van der Waals surface area contributed by atoms with Crippen LogP contribution in [-0.2, 0) is 14.4 Å². The lowest BCUT2D eigenvalue weighted by atomic mass is 9.80. The summed E-state index contributed by atoms with van der Waals surface area (Å²) < 4.78 is 0. The summed E-state index contributed by atoms with van der Waals surface area (Å²) in [6.45, 7) is -0.579. The van der Waals surface area contributed by atoms with Gasteiger partial charge in [-0.2, -0.15) is 0 Å². The van der Waals surface area contributed by atoms with E-state index >= 15 is 0 Å². The Labute approximate surface area is 108 Å². The van der Waals surface area contributed by atoms with E-state index in [1.807, 2.05) is 0 Å². The van der Waals surface area contributed by atoms with Crippen molar-refractivity contribution in [3.05, 3.63) is 0 Å². The van der Waals surface area contributed by atoms with Crippen LogP contribution in [0.25, 0.3) is 0 Å². The van der Waals surface area contributed by atoms with Gasteiger partial charge in [-0.3, -0.25) is 19.3 Å². The molecule has 0 unspecified atom stereocenters. The molecule has 1 saturated carbocycles. The number of carboxylic acid groups (broad SMARTS) is 1. The Kier molecular flexibility index (Phi) is 3.32. The van der Waals surface area contributed by atoms with Gasteiger partial charge in [-0.05, 0) is 12.8 Å². The van der Waals surface area contributed by atoms with Crippen LogP contribution in [0.2, 0.25) is 0 Å². The Bertz CT molecular complexity index is 359. The van der Waals surface area contributed by atoms with Crippen molar-refractivity contribution < 1.29 is 19.5 Å². The molecule has 0 aromatic rings. The summed E-state index contributed by atoms with van der Waals surface area (Å²) in [5.74, 6) is -3.07. The van der Waals surface area contributed by atoms with E-state index in [4.69, 9.17) is 28.3 Å². The maximum atomic E-state index is 11.9. The van der Waals surface area contributed by atoms with Gasteiger partial charge < -0.3 is 5.11 Å². The quantitative estimate of drug-likeness (QED) is 0.596. The van der Waals surface area contributed by atoms with E-state index in [1.165, 1.54) is 0 Å². The highest BCUT2D eigenvalue weighted by Gasteiger charge is 2.52. The topological polar surface area (TPSA) is 74.7 Å². The van der Waals surface area contributed by atoms with Gasteiger partial charge in [-0.25, -0.2) is 0 Å². The maximum Gasteiger partial charge on any atom is 0.323 e. The zero-order valence-corrected chi connectivity index (χ0v) is 10.3. The first-order chi connectivity index (χ1) is 7.91. The third-order valence-electron chi connectivity index (χ3n) is 3.30. The molecule has 2 amide bonds. The summed E-state index contributed by atoms with van der Waals surface area (Å²) >= 11 is 11.9. The van der Waals surface area contributed by atoms with Crippen molar-refractivity contribution in [1.29, 1.82) is 0 Å². The molecule has 0 aromatic heterocycles. The molecule has 94 valence electrons. The molecular formula is C10H11Cl2NO4. The minimum atomic E-state index is -1.20. The highest BCUT2D eigenvalue weighted by atomic mass is 35.5. The molecule has 7 heteroatoms. The lowest BCUT2D eigenvalue weighted by Gasteiger charge is -2.28. The molecule has 17 heavy (non-hydrogen) atoms. The molecule has 0 bridgehead atoms. The average molecular weight is 280 g/mol. The molecule has 2 aliphatic rings. The molecular weight excluding hydrogens is 269 g/mol. The van der Waals surface area contributed by atoms with Gasteiger partial charge in [0.25, 0.3) is 0 Å². The van der Waals surface area contributed by atoms with Gasteiger partial charge in [0.2, 0.25) is 11.8 Å². The van der Waals surface area contributed by atoms with Gasteiger partial charge >= 0.3 is 5.97 Å². The normalized spacial score (nSPS) is 37.2. The van der Waals surface area contributed by atoms with E-state index in [2.05, 4.69) is 0 Å². The number of aliphatic carboxylic acids is 1. The van der Waals surface area contributed by atoms with Crippen LogP contribution in [0.4, 0.5) is 0 Å². The molecule has 1 N–H and O–H groups in total.